The molecule has 0 atom stereocenters. The predicted octanol–water partition coefficient (Wildman–Crippen LogP) is 1.15. The summed E-state index contributed by atoms with van der Waals surface area (Å²) in [6.45, 7) is 1.17. The molecule has 0 unspecified atom stereocenters. The van der Waals surface area contributed by atoms with Crippen LogP contribution in [0.25, 0.3) is 0 Å². The molecule has 0 aliphatic carbocycles. The van der Waals surface area contributed by atoms with Crippen molar-refractivity contribution in [1.82, 2.24) is 10.4 Å². The van der Waals surface area contributed by atoms with E-state index >= 15 is 0 Å². The third-order valence-electron chi connectivity index (χ3n) is 3.40. The highest BCUT2D eigenvalue weighted by Crippen LogP contribution is 2.22. The zero-order chi connectivity index (χ0) is 16.7. The number of amides is 3. The Morgan fingerprint density at radius 1 is 1.09 bits per heavy atom. The smallest absolute Gasteiger partial charge is 0.285 e. The quantitative estimate of drug-likeness (QED) is 0.545. The summed E-state index contributed by atoms with van der Waals surface area (Å²) >= 11 is 0. The van der Waals surface area contributed by atoms with E-state index in [9.17, 15) is 14.4 Å². The molecule has 3 amide bonds. The van der Waals surface area contributed by atoms with E-state index < -0.39 is 11.8 Å². The maximum Gasteiger partial charge on any atom is 0.285 e. The molecule has 0 aromatic heterocycles. The molecule has 1 heterocycles. The molecular formula is C16H20N2O5. The molecule has 7 nitrogen and oxygen atoms in total. The van der Waals surface area contributed by atoms with Crippen molar-refractivity contribution in [3.8, 4) is 0 Å². The fourth-order valence-electron chi connectivity index (χ4n) is 2.21. The van der Waals surface area contributed by atoms with E-state index in [-0.39, 0.29) is 12.5 Å². The fourth-order valence-corrected chi connectivity index (χ4v) is 2.21. The van der Waals surface area contributed by atoms with Gasteiger partial charge in [0.15, 0.2) is 0 Å². The first-order chi connectivity index (χ1) is 11.1. The Balaban J connectivity index is 1.67. The Hall–Kier alpha value is -2.25. The number of hydrogen-bond acceptors (Lipinski definition) is 5. The summed E-state index contributed by atoms with van der Waals surface area (Å²) in [5.74, 6) is -0.936. The second-order valence-corrected chi connectivity index (χ2v) is 5.08. The maximum absolute atomic E-state index is 12.0. The van der Waals surface area contributed by atoms with E-state index in [2.05, 4.69) is 5.32 Å². The highest BCUT2D eigenvalue weighted by atomic mass is 16.7. The monoisotopic (exact) mass is 320 g/mol. The molecular weight excluding hydrogens is 300 g/mol. The zero-order valence-corrected chi connectivity index (χ0v) is 13.0. The van der Waals surface area contributed by atoms with Crippen molar-refractivity contribution in [2.75, 3.05) is 26.9 Å². The number of unbranched alkanes of at least 4 members (excludes halogenated alkanes) is 1. The average Bonchev–Trinajstić information content (AvgIpc) is 2.80. The largest absolute Gasteiger partial charge is 0.383 e. The summed E-state index contributed by atoms with van der Waals surface area (Å²) in [5.41, 5.74) is 0.713. The molecule has 1 aliphatic rings. The average molecular weight is 320 g/mol. The molecule has 23 heavy (non-hydrogen) atoms. The number of nitrogens with one attached hydrogen (secondary N) is 1. The predicted molar refractivity (Wildman–Crippen MR) is 81.6 cm³/mol. The summed E-state index contributed by atoms with van der Waals surface area (Å²) < 4.78 is 4.83. The summed E-state index contributed by atoms with van der Waals surface area (Å²) in [6.07, 6.45) is 1.56. The second kappa shape index (κ2) is 8.40. The summed E-state index contributed by atoms with van der Waals surface area (Å²) in [4.78, 5) is 40.8. The Kier molecular flexibility index (Phi) is 6.25. The lowest BCUT2D eigenvalue weighted by Gasteiger charge is -2.13. The Bertz CT molecular complexity index is 553. The van der Waals surface area contributed by atoms with E-state index in [1.165, 1.54) is 0 Å². The number of methoxy groups -OCH3 is 1. The standard InChI is InChI=1S/C16H20N2O5/c1-22-11-9-17-14(19)8-4-5-10-23-18-15(20)12-6-2-3-7-13(12)16(18)21/h2-3,6-7H,4-5,8-11H2,1H3,(H,17,19). The van der Waals surface area contributed by atoms with Gasteiger partial charge in [0.25, 0.3) is 11.8 Å². The van der Waals surface area contributed by atoms with Crippen LogP contribution in [-0.2, 0) is 14.4 Å². The zero-order valence-electron chi connectivity index (χ0n) is 13.0. The minimum atomic E-state index is -0.442. The minimum absolute atomic E-state index is 0.0530. The summed E-state index contributed by atoms with van der Waals surface area (Å²) in [7, 11) is 1.57. The van der Waals surface area contributed by atoms with Gasteiger partial charge in [-0.05, 0) is 25.0 Å². The van der Waals surface area contributed by atoms with Crippen LogP contribution >= 0.6 is 0 Å². The van der Waals surface area contributed by atoms with Crippen LogP contribution in [0.2, 0.25) is 0 Å². The molecule has 2 rings (SSSR count). The Morgan fingerprint density at radius 2 is 1.74 bits per heavy atom. The van der Waals surface area contributed by atoms with Crippen LogP contribution in [0.15, 0.2) is 24.3 Å². The van der Waals surface area contributed by atoms with Crippen LogP contribution in [-0.4, -0.2) is 49.7 Å². The first-order valence-electron chi connectivity index (χ1n) is 7.51. The van der Waals surface area contributed by atoms with Gasteiger partial charge in [0.2, 0.25) is 5.91 Å². The molecule has 1 N–H and O–H groups in total. The van der Waals surface area contributed by atoms with Gasteiger partial charge in [0.05, 0.1) is 24.3 Å². The molecule has 0 fully saturated rings. The van der Waals surface area contributed by atoms with E-state index in [0.29, 0.717) is 43.5 Å². The molecule has 0 radical (unpaired) electrons. The number of benzene rings is 1. The van der Waals surface area contributed by atoms with Crippen LogP contribution < -0.4 is 5.32 Å². The van der Waals surface area contributed by atoms with E-state index in [4.69, 9.17) is 9.57 Å². The number of carbonyl (C=O) groups excluding carboxylic acids is 3. The van der Waals surface area contributed by atoms with Gasteiger partial charge < -0.3 is 10.1 Å². The van der Waals surface area contributed by atoms with Gasteiger partial charge in [-0.15, -0.1) is 5.06 Å². The van der Waals surface area contributed by atoms with Gasteiger partial charge in [0, 0.05) is 20.1 Å². The molecule has 124 valence electrons. The van der Waals surface area contributed by atoms with Gasteiger partial charge in [0.1, 0.15) is 0 Å². The molecule has 7 heteroatoms. The molecule has 0 saturated heterocycles. The van der Waals surface area contributed by atoms with Crippen molar-refractivity contribution in [3.63, 3.8) is 0 Å². The highest BCUT2D eigenvalue weighted by molar-refractivity contribution is 6.20. The highest BCUT2D eigenvalue weighted by Gasteiger charge is 2.36. The first-order valence-corrected chi connectivity index (χ1v) is 7.51. The van der Waals surface area contributed by atoms with Gasteiger partial charge in [-0.3, -0.25) is 19.2 Å². The molecule has 1 aromatic carbocycles. The number of imide groups is 1. The Labute approximate surface area is 134 Å². The molecule has 1 aliphatic heterocycles. The third-order valence-corrected chi connectivity index (χ3v) is 3.40. The van der Waals surface area contributed by atoms with E-state index in [1.807, 2.05) is 0 Å². The molecule has 0 bridgehead atoms. The summed E-state index contributed by atoms with van der Waals surface area (Å²) in [6, 6.07) is 6.61. The molecule has 0 saturated carbocycles. The minimum Gasteiger partial charge on any atom is -0.383 e. The fraction of sp³-hybridized carbons (Fsp3) is 0.438. The normalized spacial score (nSPS) is 13.3. The Morgan fingerprint density at radius 3 is 2.35 bits per heavy atom. The lowest BCUT2D eigenvalue weighted by molar-refractivity contribution is -0.121. The van der Waals surface area contributed by atoms with Gasteiger partial charge in [-0.1, -0.05) is 12.1 Å². The van der Waals surface area contributed by atoms with Crippen LogP contribution in [0, 0.1) is 0 Å². The van der Waals surface area contributed by atoms with Crippen molar-refractivity contribution in [2.45, 2.75) is 19.3 Å². The van der Waals surface area contributed by atoms with Crippen LogP contribution in [0.5, 0.6) is 0 Å². The number of rotatable bonds is 9. The van der Waals surface area contributed by atoms with Gasteiger partial charge in [-0.2, -0.15) is 0 Å². The second-order valence-electron chi connectivity index (χ2n) is 5.08. The first kappa shape index (κ1) is 17.1. The number of nitrogens with zero attached hydrogens (tertiary/aromatic N) is 1. The maximum atomic E-state index is 12.0. The third kappa shape index (κ3) is 4.37. The van der Waals surface area contributed by atoms with Crippen LogP contribution in [0.3, 0.4) is 0 Å². The van der Waals surface area contributed by atoms with E-state index in [1.54, 1.807) is 31.4 Å². The van der Waals surface area contributed by atoms with Crippen LogP contribution in [0.4, 0.5) is 0 Å². The lowest BCUT2D eigenvalue weighted by Crippen LogP contribution is -2.30. The number of hydrogen-bond donors (Lipinski definition) is 1. The molecule has 0 spiro atoms. The number of ether oxygens (including phenoxy) is 1. The van der Waals surface area contributed by atoms with Crippen molar-refractivity contribution in [2.24, 2.45) is 0 Å². The van der Waals surface area contributed by atoms with Crippen molar-refractivity contribution < 1.29 is 24.0 Å². The summed E-state index contributed by atoms with van der Waals surface area (Å²) in [5, 5.41) is 3.51. The van der Waals surface area contributed by atoms with Crippen molar-refractivity contribution in [3.05, 3.63) is 35.4 Å². The number of hydroxylamine groups is 2. The van der Waals surface area contributed by atoms with Gasteiger partial charge in [-0.25, -0.2) is 0 Å². The van der Waals surface area contributed by atoms with Crippen molar-refractivity contribution >= 4 is 17.7 Å². The van der Waals surface area contributed by atoms with Crippen molar-refractivity contribution in [1.29, 1.82) is 0 Å². The van der Waals surface area contributed by atoms with Gasteiger partial charge >= 0.3 is 0 Å². The topological polar surface area (TPSA) is 84.9 Å². The number of fused-ring (bicyclic) bond motifs is 1. The van der Waals surface area contributed by atoms with Crippen LogP contribution in [0.1, 0.15) is 40.0 Å². The molecule has 1 aromatic rings. The SMILES string of the molecule is COCCNC(=O)CCCCON1C(=O)c2ccccc2C1=O. The van der Waals surface area contributed by atoms with E-state index in [0.717, 1.165) is 5.06 Å². The number of carbonyl (C=O) groups is 3. The lowest BCUT2D eigenvalue weighted by atomic mass is 10.1.